The van der Waals surface area contributed by atoms with Gasteiger partial charge in [-0.05, 0) is 37.5 Å². The second kappa shape index (κ2) is 4.56. The first-order chi connectivity index (χ1) is 7.27. The van der Waals surface area contributed by atoms with E-state index in [4.69, 9.17) is 5.73 Å². The fourth-order valence-electron chi connectivity index (χ4n) is 2.28. The topological polar surface area (TPSA) is 29.3 Å². The normalized spacial score (nSPS) is 17.5. The van der Waals surface area contributed by atoms with Crippen LogP contribution in [0.1, 0.15) is 31.2 Å². The summed E-state index contributed by atoms with van der Waals surface area (Å²) in [5, 5.41) is 0. The molecule has 15 heavy (non-hydrogen) atoms. The first kappa shape index (κ1) is 10.3. The summed E-state index contributed by atoms with van der Waals surface area (Å²) in [7, 11) is 0. The zero-order chi connectivity index (χ0) is 10.7. The van der Waals surface area contributed by atoms with Gasteiger partial charge in [0.25, 0.3) is 0 Å². The number of hydrogen-bond acceptors (Lipinski definition) is 2. The molecule has 0 unspecified atom stereocenters. The zero-order valence-electron chi connectivity index (χ0n) is 9.50. The number of benzene rings is 1. The molecule has 1 saturated heterocycles. The SMILES string of the molecule is Cc1ccc(N)cc1N1CCCCCC1. The molecular formula is C13H20N2. The largest absolute Gasteiger partial charge is 0.399 e. The van der Waals surface area contributed by atoms with Crippen LogP contribution in [-0.2, 0) is 0 Å². The number of nitrogen functional groups attached to an aromatic ring is 1. The molecule has 0 atom stereocenters. The van der Waals surface area contributed by atoms with Gasteiger partial charge in [0.15, 0.2) is 0 Å². The van der Waals surface area contributed by atoms with Crippen molar-refractivity contribution in [2.24, 2.45) is 0 Å². The van der Waals surface area contributed by atoms with Crippen LogP contribution >= 0.6 is 0 Å². The van der Waals surface area contributed by atoms with E-state index in [9.17, 15) is 0 Å². The summed E-state index contributed by atoms with van der Waals surface area (Å²) < 4.78 is 0. The molecule has 0 bridgehead atoms. The Balaban J connectivity index is 2.22. The molecular weight excluding hydrogens is 184 g/mol. The Morgan fingerprint density at radius 2 is 1.73 bits per heavy atom. The summed E-state index contributed by atoms with van der Waals surface area (Å²) in [6.07, 6.45) is 5.37. The van der Waals surface area contributed by atoms with Gasteiger partial charge in [0.2, 0.25) is 0 Å². The quantitative estimate of drug-likeness (QED) is 0.713. The van der Waals surface area contributed by atoms with Crippen molar-refractivity contribution < 1.29 is 0 Å². The van der Waals surface area contributed by atoms with Crippen LogP contribution in [0.15, 0.2) is 18.2 Å². The van der Waals surface area contributed by atoms with Crippen LogP contribution in [0, 0.1) is 6.92 Å². The average Bonchev–Trinajstić information content (AvgIpc) is 2.50. The van der Waals surface area contributed by atoms with Gasteiger partial charge in [-0.25, -0.2) is 0 Å². The fourth-order valence-corrected chi connectivity index (χ4v) is 2.28. The van der Waals surface area contributed by atoms with Crippen LogP contribution in [0.4, 0.5) is 11.4 Å². The molecule has 2 nitrogen and oxygen atoms in total. The monoisotopic (exact) mass is 204 g/mol. The third-order valence-electron chi connectivity index (χ3n) is 3.18. The predicted molar refractivity (Wildman–Crippen MR) is 66.3 cm³/mol. The molecule has 1 aliphatic rings. The van der Waals surface area contributed by atoms with Crippen LogP contribution in [0.5, 0.6) is 0 Å². The Labute approximate surface area is 92.1 Å². The van der Waals surface area contributed by atoms with Crippen molar-refractivity contribution in [3.05, 3.63) is 23.8 Å². The van der Waals surface area contributed by atoms with Gasteiger partial charge in [0.1, 0.15) is 0 Å². The highest BCUT2D eigenvalue weighted by Gasteiger charge is 2.11. The maximum Gasteiger partial charge on any atom is 0.0416 e. The van der Waals surface area contributed by atoms with Gasteiger partial charge < -0.3 is 10.6 Å². The Bertz CT molecular complexity index is 325. The third-order valence-corrected chi connectivity index (χ3v) is 3.18. The van der Waals surface area contributed by atoms with E-state index in [1.807, 2.05) is 6.07 Å². The third kappa shape index (κ3) is 2.44. The molecule has 0 radical (unpaired) electrons. The molecule has 1 aliphatic heterocycles. The smallest absolute Gasteiger partial charge is 0.0416 e. The molecule has 0 saturated carbocycles. The Morgan fingerprint density at radius 3 is 2.40 bits per heavy atom. The first-order valence-corrected chi connectivity index (χ1v) is 5.88. The van der Waals surface area contributed by atoms with E-state index in [-0.39, 0.29) is 0 Å². The number of hydrogen-bond donors (Lipinski definition) is 1. The number of nitrogens with two attached hydrogens (primary N) is 1. The van der Waals surface area contributed by atoms with E-state index in [0.717, 1.165) is 5.69 Å². The second-order valence-electron chi connectivity index (χ2n) is 4.45. The highest BCUT2D eigenvalue weighted by Crippen LogP contribution is 2.25. The van der Waals surface area contributed by atoms with Gasteiger partial charge in [0, 0.05) is 24.5 Å². The summed E-state index contributed by atoms with van der Waals surface area (Å²) in [5.41, 5.74) is 9.39. The molecule has 0 amide bonds. The standard InChI is InChI=1S/C13H20N2/c1-11-6-7-12(14)10-13(11)15-8-4-2-3-5-9-15/h6-7,10H,2-5,8-9,14H2,1H3. The average molecular weight is 204 g/mol. The fraction of sp³-hybridized carbons (Fsp3) is 0.538. The highest BCUT2D eigenvalue weighted by atomic mass is 15.1. The number of rotatable bonds is 1. The second-order valence-corrected chi connectivity index (χ2v) is 4.45. The van der Waals surface area contributed by atoms with Crippen molar-refractivity contribution >= 4 is 11.4 Å². The van der Waals surface area contributed by atoms with Crippen molar-refractivity contribution in [3.63, 3.8) is 0 Å². The summed E-state index contributed by atoms with van der Waals surface area (Å²) in [6, 6.07) is 6.22. The molecule has 1 heterocycles. The van der Waals surface area contributed by atoms with Crippen molar-refractivity contribution in [1.82, 2.24) is 0 Å². The minimum Gasteiger partial charge on any atom is -0.399 e. The van der Waals surface area contributed by atoms with E-state index in [1.54, 1.807) is 0 Å². The van der Waals surface area contributed by atoms with Gasteiger partial charge in [-0.15, -0.1) is 0 Å². The molecule has 0 aromatic heterocycles. The summed E-state index contributed by atoms with van der Waals surface area (Å²) in [4.78, 5) is 2.48. The van der Waals surface area contributed by atoms with Gasteiger partial charge in [-0.3, -0.25) is 0 Å². The molecule has 1 aromatic rings. The summed E-state index contributed by atoms with van der Waals surface area (Å²) >= 11 is 0. The van der Waals surface area contributed by atoms with Crippen molar-refractivity contribution in [1.29, 1.82) is 0 Å². The van der Waals surface area contributed by atoms with Gasteiger partial charge in [-0.1, -0.05) is 18.9 Å². The summed E-state index contributed by atoms with van der Waals surface area (Å²) in [5.74, 6) is 0. The maximum atomic E-state index is 5.85. The molecule has 82 valence electrons. The van der Waals surface area contributed by atoms with Crippen LogP contribution in [0.2, 0.25) is 0 Å². The van der Waals surface area contributed by atoms with Gasteiger partial charge >= 0.3 is 0 Å². The maximum absolute atomic E-state index is 5.85. The van der Waals surface area contributed by atoms with Crippen LogP contribution in [0.3, 0.4) is 0 Å². The van der Waals surface area contributed by atoms with Gasteiger partial charge in [0.05, 0.1) is 0 Å². The molecule has 2 rings (SSSR count). The minimum absolute atomic E-state index is 0.875. The van der Waals surface area contributed by atoms with Crippen molar-refractivity contribution in [3.8, 4) is 0 Å². The van der Waals surface area contributed by atoms with E-state index in [2.05, 4.69) is 24.0 Å². The Hall–Kier alpha value is -1.18. The van der Waals surface area contributed by atoms with E-state index in [1.165, 1.54) is 50.0 Å². The molecule has 2 heteroatoms. The zero-order valence-corrected chi connectivity index (χ0v) is 9.50. The molecule has 1 aromatic carbocycles. The minimum atomic E-state index is 0.875. The lowest BCUT2D eigenvalue weighted by Crippen LogP contribution is -2.24. The van der Waals surface area contributed by atoms with Crippen LogP contribution < -0.4 is 10.6 Å². The van der Waals surface area contributed by atoms with Crippen LogP contribution in [0.25, 0.3) is 0 Å². The molecule has 0 spiro atoms. The van der Waals surface area contributed by atoms with Crippen molar-refractivity contribution in [2.75, 3.05) is 23.7 Å². The Kier molecular flexibility index (Phi) is 3.14. The van der Waals surface area contributed by atoms with Gasteiger partial charge in [-0.2, -0.15) is 0 Å². The highest BCUT2D eigenvalue weighted by molar-refractivity contribution is 5.60. The van der Waals surface area contributed by atoms with E-state index in [0.29, 0.717) is 0 Å². The summed E-state index contributed by atoms with van der Waals surface area (Å²) in [6.45, 7) is 4.54. The predicted octanol–water partition coefficient (Wildman–Crippen LogP) is 2.96. The number of anilines is 2. The molecule has 1 fully saturated rings. The first-order valence-electron chi connectivity index (χ1n) is 5.88. The van der Waals surface area contributed by atoms with E-state index >= 15 is 0 Å². The number of aryl methyl sites for hydroxylation is 1. The van der Waals surface area contributed by atoms with Crippen molar-refractivity contribution in [2.45, 2.75) is 32.6 Å². The van der Waals surface area contributed by atoms with E-state index < -0.39 is 0 Å². The Morgan fingerprint density at radius 1 is 1.07 bits per heavy atom. The lowest BCUT2D eigenvalue weighted by molar-refractivity contribution is 0.726. The lowest BCUT2D eigenvalue weighted by atomic mass is 10.1. The number of nitrogens with zero attached hydrogens (tertiary/aromatic N) is 1. The lowest BCUT2D eigenvalue weighted by Gasteiger charge is -2.24. The molecule has 0 aliphatic carbocycles. The molecule has 2 N–H and O–H groups in total. The van der Waals surface area contributed by atoms with Crippen LogP contribution in [-0.4, -0.2) is 13.1 Å².